The average Bonchev–Trinajstić information content (AvgIpc) is 3.03. The smallest absolute Gasteiger partial charge is 0.242 e. The van der Waals surface area contributed by atoms with Crippen LogP contribution in [0.15, 0.2) is 42.7 Å². The Morgan fingerprint density at radius 2 is 2.25 bits per heavy atom. The van der Waals surface area contributed by atoms with Crippen LogP contribution in [0.1, 0.15) is 0 Å². The van der Waals surface area contributed by atoms with Gasteiger partial charge in [-0.05, 0) is 30.3 Å². The zero-order valence-electron chi connectivity index (χ0n) is 11.0. The Kier molecular flexibility index (Phi) is 4.03. The van der Waals surface area contributed by atoms with Gasteiger partial charge >= 0.3 is 0 Å². The van der Waals surface area contributed by atoms with Crippen LogP contribution in [0, 0.1) is 0 Å². The van der Waals surface area contributed by atoms with Gasteiger partial charge in [0.25, 0.3) is 0 Å². The van der Waals surface area contributed by atoms with Gasteiger partial charge in [0.05, 0.1) is 11.7 Å². The summed E-state index contributed by atoms with van der Waals surface area (Å²) in [5.41, 5.74) is 1.78. The molecule has 0 spiro atoms. The number of carbonyl (C=O) groups excluding carboxylic acids is 1. The SMILES string of the molecule is O=C(Nc1ccc(-n2cccn2)cc1)C1CSCCN1. The maximum Gasteiger partial charge on any atom is 0.242 e. The Balaban J connectivity index is 1.64. The molecule has 2 aromatic rings. The topological polar surface area (TPSA) is 59.0 Å². The Labute approximate surface area is 121 Å². The third-order valence-corrected chi connectivity index (χ3v) is 4.20. The molecular weight excluding hydrogens is 272 g/mol. The minimum atomic E-state index is -0.0976. The van der Waals surface area contributed by atoms with Gasteiger partial charge in [-0.15, -0.1) is 0 Å². The van der Waals surface area contributed by atoms with Gasteiger partial charge in [0.1, 0.15) is 0 Å². The van der Waals surface area contributed by atoms with Crippen molar-refractivity contribution in [1.29, 1.82) is 0 Å². The first-order valence-electron chi connectivity index (χ1n) is 6.55. The van der Waals surface area contributed by atoms with Crippen LogP contribution >= 0.6 is 11.8 Å². The molecule has 1 aliphatic heterocycles. The fraction of sp³-hybridized carbons (Fsp3) is 0.286. The quantitative estimate of drug-likeness (QED) is 0.899. The minimum absolute atomic E-state index is 0.0315. The van der Waals surface area contributed by atoms with Crippen molar-refractivity contribution in [1.82, 2.24) is 15.1 Å². The highest BCUT2D eigenvalue weighted by Gasteiger charge is 2.20. The van der Waals surface area contributed by atoms with E-state index in [1.165, 1.54) is 0 Å². The van der Waals surface area contributed by atoms with E-state index in [4.69, 9.17) is 0 Å². The summed E-state index contributed by atoms with van der Waals surface area (Å²) in [6.45, 7) is 0.890. The normalized spacial score (nSPS) is 18.7. The van der Waals surface area contributed by atoms with Gasteiger partial charge in [-0.2, -0.15) is 16.9 Å². The maximum atomic E-state index is 12.1. The first-order chi connectivity index (χ1) is 9.83. The average molecular weight is 288 g/mol. The van der Waals surface area contributed by atoms with Crippen LogP contribution in [0.5, 0.6) is 0 Å². The number of nitrogens with zero attached hydrogens (tertiary/aromatic N) is 2. The maximum absolute atomic E-state index is 12.1. The Hall–Kier alpha value is -1.79. The predicted octanol–water partition coefficient (Wildman–Crippen LogP) is 1.52. The van der Waals surface area contributed by atoms with Crippen molar-refractivity contribution in [3.05, 3.63) is 42.7 Å². The van der Waals surface area contributed by atoms with Crippen LogP contribution in [0.4, 0.5) is 5.69 Å². The van der Waals surface area contributed by atoms with Gasteiger partial charge in [-0.3, -0.25) is 4.79 Å². The van der Waals surface area contributed by atoms with E-state index in [1.54, 1.807) is 10.9 Å². The van der Waals surface area contributed by atoms with Gasteiger partial charge in [0.2, 0.25) is 5.91 Å². The molecular formula is C14H16N4OS. The predicted molar refractivity (Wildman–Crippen MR) is 81.3 cm³/mol. The fourth-order valence-electron chi connectivity index (χ4n) is 2.08. The molecule has 20 heavy (non-hydrogen) atoms. The third-order valence-electron chi connectivity index (χ3n) is 3.14. The van der Waals surface area contributed by atoms with Crippen molar-refractivity contribution in [2.75, 3.05) is 23.4 Å². The largest absolute Gasteiger partial charge is 0.325 e. The standard InChI is InChI=1S/C14H16N4OS/c19-14(13-10-20-9-7-15-13)17-11-2-4-12(5-3-11)18-8-1-6-16-18/h1-6,8,13,15H,7,9-10H2,(H,17,19). The molecule has 2 N–H and O–H groups in total. The molecule has 2 heterocycles. The second-order valence-electron chi connectivity index (χ2n) is 4.57. The van der Waals surface area contributed by atoms with Crippen LogP contribution in [0.25, 0.3) is 5.69 Å². The highest BCUT2D eigenvalue weighted by atomic mass is 32.2. The zero-order chi connectivity index (χ0) is 13.8. The van der Waals surface area contributed by atoms with E-state index in [9.17, 15) is 4.79 Å². The number of rotatable bonds is 3. The van der Waals surface area contributed by atoms with Crippen molar-refractivity contribution in [2.45, 2.75) is 6.04 Å². The summed E-state index contributed by atoms with van der Waals surface area (Å²) < 4.78 is 1.78. The van der Waals surface area contributed by atoms with Crippen molar-refractivity contribution in [3.8, 4) is 5.69 Å². The van der Waals surface area contributed by atoms with Crippen LogP contribution in [-0.4, -0.2) is 39.8 Å². The summed E-state index contributed by atoms with van der Waals surface area (Å²) >= 11 is 1.81. The van der Waals surface area contributed by atoms with Crippen LogP contribution < -0.4 is 10.6 Å². The Morgan fingerprint density at radius 1 is 1.40 bits per heavy atom. The number of hydrogen-bond donors (Lipinski definition) is 2. The lowest BCUT2D eigenvalue weighted by atomic mass is 10.2. The molecule has 0 saturated carbocycles. The van der Waals surface area contributed by atoms with Gasteiger partial charge in [0.15, 0.2) is 0 Å². The lowest BCUT2D eigenvalue weighted by molar-refractivity contribution is -0.117. The number of aromatic nitrogens is 2. The molecule has 0 bridgehead atoms. The highest BCUT2D eigenvalue weighted by Crippen LogP contribution is 2.14. The fourth-order valence-corrected chi connectivity index (χ4v) is 3.02. The summed E-state index contributed by atoms with van der Waals surface area (Å²) in [4.78, 5) is 12.1. The van der Waals surface area contributed by atoms with Crippen molar-refractivity contribution in [2.24, 2.45) is 0 Å². The summed E-state index contributed by atoms with van der Waals surface area (Å²) in [6.07, 6.45) is 3.62. The van der Waals surface area contributed by atoms with Crippen molar-refractivity contribution >= 4 is 23.4 Å². The molecule has 0 radical (unpaired) electrons. The number of benzene rings is 1. The second kappa shape index (κ2) is 6.11. The molecule has 104 valence electrons. The third kappa shape index (κ3) is 3.02. The summed E-state index contributed by atoms with van der Waals surface area (Å²) in [6, 6.07) is 9.44. The monoisotopic (exact) mass is 288 g/mol. The van der Waals surface area contributed by atoms with E-state index in [1.807, 2.05) is 48.3 Å². The molecule has 0 aliphatic carbocycles. The van der Waals surface area contributed by atoms with Gasteiger partial charge in [0, 0.05) is 36.1 Å². The first-order valence-corrected chi connectivity index (χ1v) is 7.70. The lowest BCUT2D eigenvalue weighted by Gasteiger charge is -2.22. The highest BCUT2D eigenvalue weighted by molar-refractivity contribution is 7.99. The van der Waals surface area contributed by atoms with Crippen LogP contribution in [-0.2, 0) is 4.79 Å². The van der Waals surface area contributed by atoms with Crippen LogP contribution in [0.2, 0.25) is 0 Å². The molecule has 1 fully saturated rings. The second-order valence-corrected chi connectivity index (χ2v) is 5.72. The molecule has 5 nitrogen and oxygen atoms in total. The summed E-state index contributed by atoms with van der Waals surface area (Å²) in [5, 5.41) is 10.3. The summed E-state index contributed by atoms with van der Waals surface area (Å²) in [5.74, 6) is 1.93. The van der Waals surface area contributed by atoms with E-state index in [0.29, 0.717) is 0 Å². The number of amides is 1. The van der Waals surface area contributed by atoms with Gasteiger partial charge in [-0.1, -0.05) is 0 Å². The molecule has 1 saturated heterocycles. The number of hydrogen-bond acceptors (Lipinski definition) is 4. The molecule has 6 heteroatoms. The number of carbonyl (C=O) groups is 1. The molecule has 3 rings (SSSR count). The first kappa shape index (κ1) is 13.2. The van der Waals surface area contributed by atoms with E-state index in [2.05, 4.69) is 15.7 Å². The Bertz CT molecular complexity index is 561. The molecule has 1 atom stereocenters. The molecule has 1 amide bonds. The van der Waals surface area contributed by atoms with E-state index in [0.717, 1.165) is 29.4 Å². The van der Waals surface area contributed by atoms with E-state index < -0.39 is 0 Å². The van der Waals surface area contributed by atoms with Crippen molar-refractivity contribution < 1.29 is 4.79 Å². The molecule has 1 aliphatic rings. The molecule has 1 aromatic heterocycles. The number of thioether (sulfide) groups is 1. The zero-order valence-corrected chi connectivity index (χ0v) is 11.8. The lowest BCUT2D eigenvalue weighted by Crippen LogP contribution is -2.46. The summed E-state index contributed by atoms with van der Waals surface area (Å²) in [7, 11) is 0. The number of anilines is 1. The van der Waals surface area contributed by atoms with Crippen molar-refractivity contribution in [3.63, 3.8) is 0 Å². The van der Waals surface area contributed by atoms with E-state index >= 15 is 0 Å². The molecule has 1 aromatic carbocycles. The van der Waals surface area contributed by atoms with E-state index in [-0.39, 0.29) is 11.9 Å². The van der Waals surface area contributed by atoms with Crippen LogP contribution in [0.3, 0.4) is 0 Å². The number of nitrogens with one attached hydrogen (secondary N) is 2. The van der Waals surface area contributed by atoms with Gasteiger partial charge < -0.3 is 10.6 Å². The molecule has 1 unspecified atom stereocenters. The Morgan fingerprint density at radius 3 is 2.90 bits per heavy atom. The minimum Gasteiger partial charge on any atom is -0.325 e. The van der Waals surface area contributed by atoms with Gasteiger partial charge in [-0.25, -0.2) is 4.68 Å².